The fourth-order valence-electron chi connectivity index (χ4n) is 2.60. The lowest BCUT2D eigenvalue weighted by atomic mass is 10.2. The molecular weight excluding hydrogens is 448 g/mol. The van der Waals surface area contributed by atoms with Gasteiger partial charge in [-0.05, 0) is 19.3 Å². The number of rotatable bonds is 14. The number of imide groups is 1. The lowest BCUT2D eigenvalue weighted by molar-refractivity contribution is -0.197. The highest BCUT2D eigenvalue weighted by Crippen LogP contribution is 2.13. The molecule has 0 aromatic heterocycles. The van der Waals surface area contributed by atoms with E-state index >= 15 is 0 Å². The summed E-state index contributed by atoms with van der Waals surface area (Å²) in [6, 6.07) is 0. The van der Waals surface area contributed by atoms with Gasteiger partial charge in [-0.25, -0.2) is 9.59 Å². The molecule has 1 heterocycles. The van der Waals surface area contributed by atoms with Gasteiger partial charge in [-0.2, -0.15) is 0 Å². The second kappa shape index (κ2) is 15.0. The van der Waals surface area contributed by atoms with Crippen molar-refractivity contribution >= 4 is 47.3 Å². The summed E-state index contributed by atoms with van der Waals surface area (Å²) in [5.74, 6) is -2.35. The number of halogens is 1. The number of nitrogens with zero attached hydrogens (tertiary/aromatic N) is 2. The van der Waals surface area contributed by atoms with E-state index in [0.717, 1.165) is 0 Å². The third-order valence-corrected chi connectivity index (χ3v) is 4.60. The number of nitrogens with one attached hydrogen (secondary N) is 2. The van der Waals surface area contributed by atoms with Crippen molar-refractivity contribution in [1.82, 2.24) is 20.6 Å². The van der Waals surface area contributed by atoms with Crippen LogP contribution in [0, 0.1) is 0 Å². The molecular formula is C19H29ClN4O8. The molecule has 0 saturated carbocycles. The number of unbranched alkanes of at least 4 members (excludes halogenated alkanes) is 1. The monoisotopic (exact) mass is 476 g/mol. The number of alkyl carbamates (subject to hydrolysis) is 1. The first-order chi connectivity index (χ1) is 15.2. The first-order valence-electron chi connectivity index (χ1n) is 10.3. The van der Waals surface area contributed by atoms with E-state index in [1.165, 1.54) is 4.90 Å². The van der Waals surface area contributed by atoms with Gasteiger partial charge in [-0.1, -0.05) is 0 Å². The van der Waals surface area contributed by atoms with Crippen molar-refractivity contribution in [1.29, 1.82) is 0 Å². The smallest absolute Gasteiger partial charge is 0.407 e. The highest BCUT2D eigenvalue weighted by molar-refractivity contribution is 6.27. The SMILES string of the molecule is CN(CCCOC(=O)NCCNC(=O)CCl)C(=O)CCCCC(=O)ON1C(=O)CCC1=O. The molecule has 1 rings (SSSR count). The first-order valence-corrected chi connectivity index (χ1v) is 10.8. The summed E-state index contributed by atoms with van der Waals surface area (Å²) < 4.78 is 4.97. The number of ether oxygens (including phenoxy) is 1. The summed E-state index contributed by atoms with van der Waals surface area (Å²) in [7, 11) is 1.63. The molecule has 0 unspecified atom stereocenters. The molecule has 1 aliphatic rings. The Morgan fingerprint density at radius 2 is 1.62 bits per heavy atom. The van der Waals surface area contributed by atoms with Gasteiger partial charge in [0.15, 0.2) is 0 Å². The number of hydroxylamine groups is 2. The van der Waals surface area contributed by atoms with Crippen LogP contribution in [-0.2, 0) is 33.5 Å². The average Bonchev–Trinajstić information content (AvgIpc) is 3.08. The maximum Gasteiger partial charge on any atom is 0.407 e. The van der Waals surface area contributed by atoms with Crippen molar-refractivity contribution in [2.75, 3.05) is 39.2 Å². The molecule has 13 heteroatoms. The third-order valence-electron chi connectivity index (χ3n) is 4.36. The fourth-order valence-corrected chi connectivity index (χ4v) is 2.69. The van der Waals surface area contributed by atoms with Gasteiger partial charge in [0, 0.05) is 52.4 Å². The summed E-state index contributed by atoms with van der Waals surface area (Å²) in [4.78, 5) is 75.2. The van der Waals surface area contributed by atoms with Gasteiger partial charge >= 0.3 is 12.1 Å². The fraction of sp³-hybridized carbons (Fsp3) is 0.684. The maximum absolute atomic E-state index is 12.1. The van der Waals surface area contributed by atoms with Gasteiger partial charge in [0.2, 0.25) is 11.8 Å². The van der Waals surface area contributed by atoms with Crippen LogP contribution in [0.3, 0.4) is 0 Å². The van der Waals surface area contributed by atoms with Crippen LogP contribution in [0.25, 0.3) is 0 Å². The first kappa shape index (κ1) is 27.1. The lowest BCUT2D eigenvalue weighted by Crippen LogP contribution is -2.35. The number of hydrogen-bond donors (Lipinski definition) is 2. The second-order valence-electron chi connectivity index (χ2n) is 6.97. The predicted molar refractivity (Wildman–Crippen MR) is 111 cm³/mol. The number of carbonyl (C=O) groups is 6. The van der Waals surface area contributed by atoms with Crippen molar-refractivity contribution < 1.29 is 38.3 Å². The molecule has 0 spiro atoms. The second-order valence-corrected chi connectivity index (χ2v) is 7.23. The quantitative estimate of drug-likeness (QED) is 0.203. The standard InChI is InChI=1S/C19H29ClN4O8/c1-23(11-4-12-31-19(30)22-10-9-21-14(25)13-20)15(26)5-2-3-6-18(29)32-24-16(27)7-8-17(24)28/h2-13H2,1H3,(H,21,25)(H,22,30). The van der Waals surface area contributed by atoms with Gasteiger partial charge in [-0.3, -0.25) is 19.2 Å². The van der Waals surface area contributed by atoms with Gasteiger partial charge in [0.05, 0.1) is 6.61 Å². The van der Waals surface area contributed by atoms with E-state index in [9.17, 15) is 28.8 Å². The molecule has 180 valence electrons. The molecule has 1 aliphatic heterocycles. The van der Waals surface area contributed by atoms with Crippen LogP contribution in [0.5, 0.6) is 0 Å². The van der Waals surface area contributed by atoms with E-state index in [2.05, 4.69) is 10.6 Å². The van der Waals surface area contributed by atoms with Gasteiger partial charge in [0.25, 0.3) is 11.8 Å². The summed E-state index contributed by atoms with van der Waals surface area (Å²) in [6.07, 6.45) is 0.941. The number of hydrogen-bond acceptors (Lipinski definition) is 8. The van der Waals surface area contributed by atoms with E-state index in [1.54, 1.807) is 7.05 Å². The number of alkyl halides is 1. The molecule has 1 saturated heterocycles. The molecule has 0 atom stereocenters. The normalized spacial score (nSPS) is 13.0. The Kier molecular flexibility index (Phi) is 12.7. The van der Waals surface area contributed by atoms with Gasteiger partial charge in [0.1, 0.15) is 5.88 Å². The van der Waals surface area contributed by atoms with Crippen molar-refractivity contribution in [2.45, 2.75) is 44.9 Å². The molecule has 32 heavy (non-hydrogen) atoms. The van der Waals surface area contributed by atoms with E-state index < -0.39 is 23.9 Å². The van der Waals surface area contributed by atoms with Crippen molar-refractivity contribution in [3.05, 3.63) is 0 Å². The average molecular weight is 477 g/mol. The van der Waals surface area contributed by atoms with Crippen LogP contribution in [0.4, 0.5) is 4.79 Å². The maximum atomic E-state index is 12.1. The zero-order valence-corrected chi connectivity index (χ0v) is 18.8. The van der Waals surface area contributed by atoms with Crippen LogP contribution in [-0.4, -0.2) is 84.8 Å². The zero-order chi connectivity index (χ0) is 23.9. The summed E-state index contributed by atoms with van der Waals surface area (Å²) in [6.45, 7) is 0.957. The molecule has 0 bridgehead atoms. The van der Waals surface area contributed by atoms with E-state index in [0.29, 0.717) is 30.9 Å². The Hall–Kier alpha value is -2.89. The lowest BCUT2D eigenvalue weighted by Gasteiger charge is -2.17. The van der Waals surface area contributed by atoms with Crippen LogP contribution >= 0.6 is 11.6 Å². The Morgan fingerprint density at radius 1 is 1.00 bits per heavy atom. The molecule has 5 amide bonds. The molecule has 1 fully saturated rings. The van der Waals surface area contributed by atoms with Crippen LogP contribution in [0.1, 0.15) is 44.9 Å². The van der Waals surface area contributed by atoms with Crippen LogP contribution in [0.15, 0.2) is 0 Å². The largest absolute Gasteiger partial charge is 0.449 e. The Labute approximate surface area is 190 Å². The van der Waals surface area contributed by atoms with E-state index in [1.807, 2.05) is 0 Å². The van der Waals surface area contributed by atoms with Crippen molar-refractivity contribution in [3.63, 3.8) is 0 Å². The summed E-state index contributed by atoms with van der Waals surface area (Å²) >= 11 is 5.32. The van der Waals surface area contributed by atoms with Gasteiger partial charge < -0.3 is 25.1 Å². The third kappa shape index (κ3) is 10.9. The molecule has 0 radical (unpaired) electrons. The summed E-state index contributed by atoms with van der Waals surface area (Å²) in [5.41, 5.74) is 0. The van der Waals surface area contributed by atoms with Gasteiger partial charge in [-0.15, -0.1) is 16.7 Å². The zero-order valence-electron chi connectivity index (χ0n) is 18.0. The minimum Gasteiger partial charge on any atom is -0.449 e. The van der Waals surface area contributed by atoms with Crippen LogP contribution in [0.2, 0.25) is 0 Å². The molecule has 0 aromatic carbocycles. The van der Waals surface area contributed by atoms with Crippen LogP contribution < -0.4 is 10.6 Å². The molecule has 12 nitrogen and oxygen atoms in total. The highest BCUT2D eigenvalue weighted by atomic mass is 35.5. The number of carbonyl (C=O) groups excluding carboxylic acids is 6. The van der Waals surface area contributed by atoms with E-state index in [-0.39, 0.29) is 63.1 Å². The molecule has 0 aliphatic carbocycles. The molecule has 2 N–H and O–H groups in total. The Morgan fingerprint density at radius 3 is 2.28 bits per heavy atom. The molecule has 0 aromatic rings. The minimum atomic E-state index is -0.689. The Bertz CT molecular complexity index is 687. The number of amides is 5. The topological polar surface area (TPSA) is 151 Å². The van der Waals surface area contributed by atoms with Crippen molar-refractivity contribution in [2.24, 2.45) is 0 Å². The van der Waals surface area contributed by atoms with E-state index in [4.69, 9.17) is 21.2 Å². The predicted octanol–water partition coefficient (Wildman–Crippen LogP) is 0.0837. The minimum absolute atomic E-state index is 0.00738. The highest BCUT2D eigenvalue weighted by Gasteiger charge is 2.32. The Balaban J connectivity index is 2.05. The van der Waals surface area contributed by atoms with Crippen molar-refractivity contribution in [3.8, 4) is 0 Å². The summed E-state index contributed by atoms with van der Waals surface area (Å²) in [5, 5.41) is 5.46.